The maximum atomic E-state index is 13.4. The van der Waals surface area contributed by atoms with E-state index in [0.29, 0.717) is 31.7 Å². The second kappa shape index (κ2) is 9.94. The number of fused-ring (bicyclic) bond motifs is 2. The lowest BCUT2D eigenvalue weighted by Crippen LogP contribution is -2.49. The summed E-state index contributed by atoms with van der Waals surface area (Å²) in [5, 5.41) is 8.87. The largest absolute Gasteiger partial charge is 0.446 e. The molecule has 8 nitrogen and oxygen atoms in total. The molecule has 0 bridgehead atoms. The minimum absolute atomic E-state index is 0.00526. The molecular formula is C26H35N3O5. The Labute approximate surface area is 200 Å². The van der Waals surface area contributed by atoms with Crippen LogP contribution in [0.5, 0.6) is 0 Å². The summed E-state index contributed by atoms with van der Waals surface area (Å²) in [7, 11) is 0. The molecule has 2 aliphatic carbocycles. The van der Waals surface area contributed by atoms with Crippen LogP contribution in [0.1, 0.15) is 76.2 Å². The lowest BCUT2D eigenvalue weighted by molar-refractivity contribution is -0.124. The summed E-state index contributed by atoms with van der Waals surface area (Å²) in [6, 6.07) is 4.97. The van der Waals surface area contributed by atoms with E-state index < -0.39 is 17.6 Å². The van der Waals surface area contributed by atoms with Gasteiger partial charge in [0.15, 0.2) is 0 Å². The number of carbonyl (C=O) groups excluding carboxylic acids is 3. The number of hydrogen-bond donors (Lipinski definition) is 3. The minimum Gasteiger partial charge on any atom is -0.446 e. The molecule has 2 saturated carbocycles. The predicted octanol–water partition coefficient (Wildman–Crippen LogP) is 4.24. The van der Waals surface area contributed by atoms with Crippen molar-refractivity contribution < 1.29 is 23.9 Å². The van der Waals surface area contributed by atoms with Gasteiger partial charge in [0.25, 0.3) is 0 Å². The molecule has 1 unspecified atom stereocenters. The van der Waals surface area contributed by atoms with Crippen LogP contribution in [0.15, 0.2) is 18.2 Å². The van der Waals surface area contributed by atoms with Gasteiger partial charge in [-0.2, -0.15) is 0 Å². The topological polar surface area (TPSA) is 106 Å². The van der Waals surface area contributed by atoms with Gasteiger partial charge in [0.2, 0.25) is 11.8 Å². The highest BCUT2D eigenvalue weighted by Gasteiger charge is 2.47. The van der Waals surface area contributed by atoms with Gasteiger partial charge < -0.3 is 25.4 Å². The van der Waals surface area contributed by atoms with E-state index >= 15 is 0 Å². The predicted molar refractivity (Wildman–Crippen MR) is 128 cm³/mol. The first-order valence-electron chi connectivity index (χ1n) is 12.9. The molecule has 1 aromatic carbocycles. The normalized spacial score (nSPS) is 23.2. The van der Waals surface area contributed by atoms with E-state index in [4.69, 9.17) is 9.47 Å². The van der Waals surface area contributed by atoms with Crippen LogP contribution in [-0.2, 0) is 24.5 Å². The van der Waals surface area contributed by atoms with Crippen molar-refractivity contribution in [1.82, 2.24) is 5.32 Å². The van der Waals surface area contributed by atoms with Gasteiger partial charge >= 0.3 is 6.09 Å². The molecule has 5 rings (SSSR count). The molecule has 1 spiro atoms. The number of anilines is 2. The van der Waals surface area contributed by atoms with E-state index in [9.17, 15) is 14.4 Å². The average Bonchev–Trinajstić information content (AvgIpc) is 3.45. The highest BCUT2D eigenvalue weighted by Crippen LogP contribution is 2.45. The summed E-state index contributed by atoms with van der Waals surface area (Å²) in [5.41, 5.74) is 1.79. The Morgan fingerprint density at radius 3 is 2.47 bits per heavy atom. The van der Waals surface area contributed by atoms with Gasteiger partial charge in [-0.1, -0.05) is 25.3 Å². The van der Waals surface area contributed by atoms with Crippen LogP contribution in [0.2, 0.25) is 0 Å². The molecule has 8 heteroatoms. The molecular weight excluding hydrogens is 434 g/mol. The molecule has 2 heterocycles. The van der Waals surface area contributed by atoms with Crippen LogP contribution >= 0.6 is 0 Å². The Bertz CT molecular complexity index is 930. The molecule has 184 valence electrons. The Morgan fingerprint density at radius 2 is 1.74 bits per heavy atom. The lowest BCUT2D eigenvalue weighted by Gasteiger charge is -2.31. The summed E-state index contributed by atoms with van der Waals surface area (Å²) >= 11 is 0. The number of alkyl carbamates (subject to hydrolysis) is 1. The molecule has 0 radical (unpaired) electrons. The Morgan fingerprint density at radius 1 is 1.03 bits per heavy atom. The zero-order valence-corrected chi connectivity index (χ0v) is 19.7. The van der Waals surface area contributed by atoms with E-state index in [-0.39, 0.29) is 23.8 Å². The van der Waals surface area contributed by atoms with Crippen molar-refractivity contribution in [2.45, 2.75) is 88.2 Å². The maximum absolute atomic E-state index is 13.4. The average molecular weight is 470 g/mol. The SMILES string of the molecule is O=C(NC(C(=O)Nc1ccc2c(c1)NC(=O)C21CCOCC1)C1CCCCC1)OC1CCCC1. The fourth-order valence-corrected chi connectivity index (χ4v) is 6.13. The van der Waals surface area contributed by atoms with Crippen LogP contribution in [0.25, 0.3) is 0 Å². The smallest absolute Gasteiger partial charge is 0.408 e. The second-order valence-corrected chi connectivity index (χ2v) is 10.2. The second-order valence-electron chi connectivity index (χ2n) is 10.2. The van der Waals surface area contributed by atoms with Crippen molar-refractivity contribution in [2.24, 2.45) is 5.92 Å². The molecule has 1 atom stereocenters. The highest BCUT2D eigenvalue weighted by atomic mass is 16.6. The van der Waals surface area contributed by atoms with Crippen molar-refractivity contribution >= 4 is 29.3 Å². The Kier molecular flexibility index (Phi) is 6.77. The van der Waals surface area contributed by atoms with Gasteiger partial charge in [0, 0.05) is 24.6 Å². The van der Waals surface area contributed by atoms with Crippen LogP contribution in [0.4, 0.5) is 16.2 Å². The molecule has 3 N–H and O–H groups in total. The van der Waals surface area contributed by atoms with Crippen LogP contribution in [-0.4, -0.2) is 43.3 Å². The number of nitrogens with one attached hydrogen (secondary N) is 3. The van der Waals surface area contributed by atoms with Crippen LogP contribution in [0.3, 0.4) is 0 Å². The first-order chi connectivity index (χ1) is 16.5. The number of carbonyl (C=O) groups is 3. The number of rotatable bonds is 5. The van der Waals surface area contributed by atoms with Gasteiger partial charge in [-0.3, -0.25) is 9.59 Å². The van der Waals surface area contributed by atoms with Gasteiger partial charge in [0.1, 0.15) is 12.1 Å². The fourth-order valence-electron chi connectivity index (χ4n) is 6.13. The van der Waals surface area contributed by atoms with Crippen molar-refractivity contribution in [2.75, 3.05) is 23.8 Å². The third-order valence-electron chi connectivity index (χ3n) is 8.08. The van der Waals surface area contributed by atoms with E-state index in [1.54, 1.807) is 0 Å². The standard InChI is InChI=1S/C26H35N3O5/c30-23(22(17-6-2-1-3-7-17)29-25(32)34-19-8-4-5-9-19)27-18-10-11-20-21(16-18)28-24(31)26(20)12-14-33-15-13-26/h10-11,16-17,19,22H,1-9,12-15H2,(H,27,30)(H,28,31)(H,29,32). The number of amides is 3. The molecule has 1 aromatic rings. The maximum Gasteiger partial charge on any atom is 0.408 e. The van der Waals surface area contributed by atoms with E-state index in [1.807, 2.05) is 18.2 Å². The monoisotopic (exact) mass is 469 g/mol. The summed E-state index contributed by atoms with van der Waals surface area (Å²) in [4.78, 5) is 38.8. The third kappa shape index (κ3) is 4.65. The highest BCUT2D eigenvalue weighted by molar-refractivity contribution is 6.07. The van der Waals surface area contributed by atoms with Gasteiger partial charge in [0.05, 0.1) is 5.41 Å². The Balaban J connectivity index is 1.29. The number of benzene rings is 1. The zero-order chi connectivity index (χ0) is 23.5. The van der Waals surface area contributed by atoms with Crippen LogP contribution in [0, 0.1) is 5.92 Å². The van der Waals surface area contributed by atoms with Crippen molar-refractivity contribution in [1.29, 1.82) is 0 Å². The minimum atomic E-state index is -0.640. The van der Waals surface area contributed by atoms with Crippen LogP contribution < -0.4 is 16.0 Å². The lowest BCUT2D eigenvalue weighted by atomic mass is 9.75. The molecule has 3 amide bonds. The van der Waals surface area contributed by atoms with Gasteiger partial charge in [-0.05, 0) is 75.0 Å². The molecule has 1 saturated heterocycles. The summed E-state index contributed by atoms with van der Waals surface area (Å²) in [5.74, 6) is -0.143. The summed E-state index contributed by atoms with van der Waals surface area (Å²) in [6.07, 6.45) is 9.81. The van der Waals surface area contributed by atoms with Crippen molar-refractivity contribution in [3.05, 3.63) is 23.8 Å². The van der Waals surface area contributed by atoms with E-state index in [0.717, 1.165) is 69.0 Å². The molecule has 0 aromatic heterocycles. The number of hydrogen-bond acceptors (Lipinski definition) is 5. The third-order valence-corrected chi connectivity index (χ3v) is 8.08. The Hall–Kier alpha value is -2.61. The first-order valence-corrected chi connectivity index (χ1v) is 12.9. The number of ether oxygens (including phenoxy) is 2. The quantitative estimate of drug-likeness (QED) is 0.598. The molecule has 34 heavy (non-hydrogen) atoms. The van der Waals surface area contributed by atoms with E-state index in [1.165, 1.54) is 0 Å². The van der Waals surface area contributed by atoms with Crippen molar-refractivity contribution in [3.63, 3.8) is 0 Å². The molecule has 3 fully saturated rings. The molecule has 4 aliphatic rings. The first kappa shape index (κ1) is 23.1. The summed E-state index contributed by atoms with van der Waals surface area (Å²) in [6.45, 7) is 1.13. The van der Waals surface area contributed by atoms with E-state index in [2.05, 4.69) is 16.0 Å². The summed E-state index contributed by atoms with van der Waals surface area (Å²) < 4.78 is 11.1. The van der Waals surface area contributed by atoms with Gasteiger partial charge in [-0.15, -0.1) is 0 Å². The fraction of sp³-hybridized carbons (Fsp3) is 0.654. The zero-order valence-electron chi connectivity index (χ0n) is 19.7. The van der Waals surface area contributed by atoms with Crippen molar-refractivity contribution in [3.8, 4) is 0 Å². The molecule has 2 aliphatic heterocycles. The van der Waals surface area contributed by atoms with Gasteiger partial charge in [-0.25, -0.2) is 4.79 Å².